The smallest absolute Gasteiger partial charge is 0.161 e. The van der Waals surface area contributed by atoms with Gasteiger partial charge in [0.15, 0.2) is 5.82 Å². The predicted octanol–water partition coefficient (Wildman–Crippen LogP) is 3.10. The minimum Gasteiger partial charge on any atom is -0.372 e. The molecule has 0 radical (unpaired) electrons. The standard InChI is InChI=1S/C12H12IN3/c1-8-10(13)12(14-2)16-11(15-8)9-6-4-3-5-7-9/h3-7H,1-2H3,(H,14,15,16). The van der Waals surface area contributed by atoms with Gasteiger partial charge in [0.2, 0.25) is 0 Å². The molecule has 82 valence electrons. The minimum absolute atomic E-state index is 0.767. The summed E-state index contributed by atoms with van der Waals surface area (Å²) < 4.78 is 1.07. The van der Waals surface area contributed by atoms with E-state index in [1.54, 1.807) is 0 Å². The molecule has 1 N–H and O–H groups in total. The Labute approximate surface area is 108 Å². The van der Waals surface area contributed by atoms with Gasteiger partial charge in [0, 0.05) is 12.6 Å². The Morgan fingerprint density at radius 1 is 1.12 bits per heavy atom. The van der Waals surface area contributed by atoms with Crippen LogP contribution in [0.5, 0.6) is 0 Å². The zero-order chi connectivity index (χ0) is 11.5. The van der Waals surface area contributed by atoms with Crippen LogP contribution in [0.3, 0.4) is 0 Å². The summed E-state index contributed by atoms with van der Waals surface area (Å²) in [6, 6.07) is 10.0. The molecule has 1 aromatic heterocycles. The summed E-state index contributed by atoms with van der Waals surface area (Å²) in [5, 5.41) is 3.09. The van der Waals surface area contributed by atoms with Crippen molar-refractivity contribution in [2.75, 3.05) is 12.4 Å². The molecule has 4 heteroatoms. The fraction of sp³-hybridized carbons (Fsp3) is 0.167. The Hall–Kier alpha value is -1.17. The lowest BCUT2D eigenvalue weighted by molar-refractivity contribution is 1.09. The molecule has 0 aliphatic heterocycles. The van der Waals surface area contributed by atoms with Crippen LogP contribution < -0.4 is 5.32 Å². The van der Waals surface area contributed by atoms with Crippen molar-refractivity contribution in [3.8, 4) is 11.4 Å². The number of hydrogen-bond acceptors (Lipinski definition) is 3. The van der Waals surface area contributed by atoms with Gasteiger partial charge in [0.25, 0.3) is 0 Å². The van der Waals surface area contributed by atoms with E-state index >= 15 is 0 Å². The van der Waals surface area contributed by atoms with Crippen LogP contribution in [-0.4, -0.2) is 17.0 Å². The first kappa shape index (κ1) is 11.3. The first-order valence-corrected chi connectivity index (χ1v) is 6.07. The molecule has 16 heavy (non-hydrogen) atoms. The van der Waals surface area contributed by atoms with Gasteiger partial charge < -0.3 is 5.32 Å². The average Bonchev–Trinajstić information content (AvgIpc) is 2.33. The summed E-state index contributed by atoms with van der Waals surface area (Å²) in [4.78, 5) is 8.99. The average molecular weight is 325 g/mol. The topological polar surface area (TPSA) is 37.8 Å². The van der Waals surface area contributed by atoms with Gasteiger partial charge in [-0.2, -0.15) is 0 Å². The molecule has 0 fully saturated rings. The van der Waals surface area contributed by atoms with Crippen LogP contribution in [0.2, 0.25) is 0 Å². The Morgan fingerprint density at radius 2 is 1.81 bits per heavy atom. The van der Waals surface area contributed by atoms with E-state index in [4.69, 9.17) is 0 Å². The predicted molar refractivity (Wildman–Crippen MR) is 74.5 cm³/mol. The Morgan fingerprint density at radius 3 is 2.44 bits per heavy atom. The maximum Gasteiger partial charge on any atom is 0.161 e. The third kappa shape index (κ3) is 2.16. The summed E-state index contributed by atoms with van der Waals surface area (Å²) in [5.74, 6) is 1.65. The summed E-state index contributed by atoms with van der Waals surface area (Å²) in [6.45, 7) is 2.00. The van der Waals surface area contributed by atoms with E-state index < -0.39 is 0 Å². The van der Waals surface area contributed by atoms with Gasteiger partial charge >= 0.3 is 0 Å². The number of aryl methyl sites for hydroxylation is 1. The van der Waals surface area contributed by atoms with Gasteiger partial charge in [0.1, 0.15) is 5.82 Å². The molecule has 0 atom stereocenters. The molecule has 2 rings (SSSR count). The second-order valence-corrected chi connectivity index (χ2v) is 4.49. The largest absolute Gasteiger partial charge is 0.372 e. The lowest BCUT2D eigenvalue weighted by Crippen LogP contribution is -2.02. The van der Waals surface area contributed by atoms with Crippen molar-refractivity contribution >= 4 is 28.4 Å². The van der Waals surface area contributed by atoms with Crippen LogP contribution in [0.1, 0.15) is 5.69 Å². The van der Waals surface area contributed by atoms with E-state index in [1.165, 1.54) is 0 Å². The number of nitrogens with one attached hydrogen (secondary N) is 1. The third-order valence-electron chi connectivity index (χ3n) is 2.29. The van der Waals surface area contributed by atoms with Crippen molar-refractivity contribution in [3.63, 3.8) is 0 Å². The fourth-order valence-corrected chi connectivity index (χ4v) is 1.95. The van der Waals surface area contributed by atoms with Crippen LogP contribution in [0, 0.1) is 10.5 Å². The van der Waals surface area contributed by atoms with Gasteiger partial charge in [-0.15, -0.1) is 0 Å². The number of aromatic nitrogens is 2. The van der Waals surface area contributed by atoms with Gasteiger partial charge in [0.05, 0.1) is 9.26 Å². The van der Waals surface area contributed by atoms with E-state index in [0.29, 0.717) is 0 Å². The molecular formula is C12H12IN3. The molecule has 1 aromatic carbocycles. The van der Waals surface area contributed by atoms with Crippen LogP contribution in [0.25, 0.3) is 11.4 Å². The summed E-state index contributed by atoms with van der Waals surface area (Å²) >= 11 is 2.25. The fourth-order valence-electron chi connectivity index (χ4n) is 1.44. The summed E-state index contributed by atoms with van der Waals surface area (Å²) in [6.07, 6.45) is 0. The number of halogens is 1. The van der Waals surface area contributed by atoms with E-state index in [1.807, 2.05) is 44.3 Å². The highest BCUT2D eigenvalue weighted by molar-refractivity contribution is 14.1. The number of hydrogen-bond donors (Lipinski definition) is 1. The molecule has 0 saturated heterocycles. The lowest BCUT2D eigenvalue weighted by atomic mass is 10.2. The van der Waals surface area contributed by atoms with E-state index in [-0.39, 0.29) is 0 Å². The van der Waals surface area contributed by atoms with Crippen LogP contribution >= 0.6 is 22.6 Å². The highest BCUT2D eigenvalue weighted by atomic mass is 127. The monoisotopic (exact) mass is 325 g/mol. The Kier molecular flexibility index (Phi) is 3.38. The SMILES string of the molecule is CNc1nc(-c2ccccc2)nc(C)c1I. The zero-order valence-electron chi connectivity index (χ0n) is 9.16. The van der Waals surface area contributed by atoms with Crippen LogP contribution in [-0.2, 0) is 0 Å². The highest BCUT2D eigenvalue weighted by Gasteiger charge is 2.08. The number of anilines is 1. The summed E-state index contributed by atoms with van der Waals surface area (Å²) in [7, 11) is 1.87. The second-order valence-electron chi connectivity index (χ2n) is 3.41. The quantitative estimate of drug-likeness (QED) is 0.862. The molecule has 0 aliphatic rings. The second kappa shape index (κ2) is 4.78. The van der Waals surface area contributed by atoms with E-state index in [9.17, 15) is 0 Å². The highest BCUT2D eigenvalue weighted by Crippen LogP contribution is 2.22. The van der Waals surface area contributed by atoms with Crippen LogP contribution in [0.15, 0.2) is 30.3 Å². The first-order chi connectivity index (χ1) is 7.72. The van der Waals surface area contributed by atoms with Crippen molar-refractivity contribution in [1.29, 1.82) is 0 Å². The Balaban J connectivity index is 2.55. The van der Waals surface area contributed by atoms with Gasteiger partial charge in [-0.05, 0) is 29.5 Å². The molecule has 0 bridgehead atoms. The van der Waals surface area contributed by atoms with Crippen molar-refractivity contribution < 1.29 is 0 Å². The molecular weight excluding hydrogens is 313 g/mol. The van der Waals surface area contributed by atoms with Gasteiger partial charge in [-0.1, -0.05) is 30.3 Å². The number of rotatable bonds is 2. The van der Waals surface area contributed by atoms with Crippen molar-refractivity contribution in [1.82, 2.24) is 9.97 Å². The summed E-state index contributed by atoms with van der Waals surface area (Å²) in [5.41, 5.74) is 2.04. The van der Waals surface area contributed by atoms with E-state index in [2.05, 4.69) is 37.9 Å². The van der Waals surface area contributed by atoms with Crippen molar-refractivity contribution in [3.05, 3.63) is 39.6 Å². The van der Waals surface area contributed by atoms with Crippen LogP contribution in [0.4, 0.5) is 5.82 Å². The maximum absolute atomic E-state index is 4.49. The molecule has 1 heterocycles. The Bertz CT molecular complexity index is 497. The molecule has 0 spiro atoms. The first-order valence-electron chi connectivity index (χ1n) is 4.99. The van der Waals surface area contributed by atoms with Crippen molar-refractivity contribution in [2.24, 2.45) is 0 Å². The zero-order valence-corrected chi connectivity index (χ0v) is 11.3. The molecule has 3 nitrogen and oxygen atoms in total. The number of nitrogens with zero attached hydrogens (tertiary/aromatic N) is 2. The van der Waals surface area contributed by atoms with Crippen molar-refractivity contribution in [2.45, 2.75) is 6.92 Å². The molecule has 0 aliphatic carbocycles. The van der Waals surface area contributed by atoms with Gasteiger partial charge in [-0.25, -0.2) is 9.97 Å². The number of benzene rings is 1. The maximum atomic E-state index is 4.49. The van der Waals surface area contributed by atoms with Gasteiger partial charge in [-0.3, -0.25) is 0 Å². The third-order valence-corrected chi connectivity index (χ3v) is 3.58. The van der Waals surface area contributed by atoms with E-state index in [0.717, 1.165) is 26.5 Å². The molecule has 2 aromatic rings. The molecule has 0 amide bonds. The molecule has 0 saturated carbocycles. The minimum atomic E-state index is 0.767. The molecule has 0 unspecified atom stereocenters. The lowest BCUT2D eigenvalue weighted by Gasteiger charge is -2.08. The normalized spacial score (nSPS) is 10.2.